The number of carbonyl (C=O) groups excluding carboxylic acids is 1. The molecule has 126 valence electrons. The van der Waals surface area contributed by atoms with Gasteiger partial charge in [0.05, 0.1) is 5.41 Å². The number of carboxylic acid groups (broad SMARTS) is 1. The maximum absolute atomic E-state index is 12.1. The van der Waals surface area contributed by atoms with Crippen molar-refractivity contribution in [1.82, 2.24) is 5.32 Å². The van der Waals surface area contributed by atoms with Crippen LogP contribution in [-0.4, -0.2) is 23.2 Å². The molecule has 1 fully saturated rings. The van der Waals surface area contributed by atoms with Crippen LogP contribution in [-0.2, 0) is 16.1 Å². The monoisotopic (exact) mass is 319 g/mol. The molecule has 2 N–H and O–H groups in total. The lowest BCUT2D eigenvalue weighted by Crippen LogP contribution is -2.48. The zero-order valence-corrected chi connectivity index (χ0v) is 14.0. The van der Waals surface area contributed by atoms with Gasteiger partial charge in [0.15, 0.2) is 0 Å². The third-order valence-electron chi connectivity index (χ3n) is 4.78. The standard InChI is InChI=1S/C18H25NO4/c1-4-18(15(20)21)12-17(2,3)10-14(18)19-16(22)23-11-13-8-6-5-7-9-13/h5-9,14H,4,10-12H2,1-3H3,(H,19,22)(H,20,21). The molecule has 0 radical (unpaired) electrons. The van der Waals surface area contributed by atoms with Crippen LogP contribution in [0.2, 0.25) is 0 Å². The number of aliphatic carboxylic acids is 1. The Balaban J connectivity index is 2.02. The quantitative estimate of drug-likeness (QED) is 0.869. The molecule has 1 aromatic carbocycles. The molecule has 0 spiro atoms. The Hall–Kier alpha value is -2.04. The van der Waals surface area contributed by atoms with Crippen molar-refractivity contribution in [3.8, 4) is 0 Å². The number of nitrogens with one attached hydrogen (secondary N) is 1. The zero-order chi connectivity index (χ0) is 17.1. The van der Waals surface area contributed by atoms with Crippen LogP contribution in [0.1, 0.15) is 45.6 Å². The number of rotatable bonds is 5. The van der Waals surface area contributed by atoms with Crippen LogP contribution in [0.4, 0.5) is 4.79 Å². The van der Waals surface area contributed by atoms with Gasteiger partial charge in [0.25, 0.3) is 0 Å². The van der Waals surface area contributed by atoms with E-state index in [2.05, 4.69) is 5.32 Å². The highest BCUT2D eigenvalue weighted by Gasteiger charge is 2.55. The van der Waals surface area contributed by atoms with E-state index in [0.29, 0.717) is 19.3 Å². The summed E-state index contributed by atoms with van der Waals surface area (Å²) >= 11 is 0. The molecule has 0 bridgehead atoms. The molecule has 1 aliphatic carbocycles. The topological polar surface area (TPSA) is 75.6 Å². The highest BCUT2D eigenvalue weighted by molar-refractivity contribution is 5.78. The van der Waals surface area contributed by atoms with Gasteiger partial charge < -0.3 is 15.2 Å². The summed E-state index contributed by atoms with van der Waals surface area (Å²) in [6.45, 7) is 6.11. The average molecular weight is 319 g/mol. The van der Waals surface area contributed by atoms with E-state index >= 15 is 0 Å². The van der Waals surface area contributed by atoms with Crippen LogP contribution in [0.3, 0.4) is 0 Å². The predicted octanol–water partition coefficient (Wildman–Crippen LogP) is 3.58. The molecule has 1 amide bonds. The fraction of sp³-hybridized carbons (Fsp3) is 0.556. The van der Waals surface area contributed by atoms with E-state index in [1.54, 1.807) is 0 Å². The Morgan fingerprint density at radius 3 is 2.52 bits per heavy atom. The van der Waals surface area contributed by atoms with Crippen molar-refractivity contribution in [3.63, 3.8) is 0 Å². The molecule has 0 aliphatic heterocycles. The second-order valence-electron chi connectivity index (χ2n) is 7.12. The van der Waals surface area contributed by atoms with Crippen LogP contribution >= 0.6 is 0 Å². The lowest BCUT2D eigenvalue weighted by Gasteiger charge is -2.30. The summed E-state index contributed by atoms with van der Waals surface area (Å²) in [6.07, 6.45) is 1.11. The van der Waals surface area contributed by atoms with Crippen LogP contribution < -0.4 is 5.32 Å². The van der Waals surface area contributed by atoms with Gasteiger partial charge in [-0.3, -0.25) is 4.79 Å². The van der Waals surface area contributed by atoms with Crippen LogP contribution in [0, 0.1) is 10.8 Å². The number of carboxylic acids is 1. The summed E-state index contributed by atoms with van der Waals surface area (Å²) in [5.74, 6) is -0.848. The van der Waals surface area contributed by atoms with Crippen molar-refractivity contribution in [2.24, 2.45) is 10.8 Å². The van der Waals surface area contributed by atoms with Gasteiger partial charge in [-0.25, -0.2) is 4.79 Å². The van der Waals surface area contributed by atoms with Gasteiger partial charge in [-0.2, -0.15) is 0 Å². The second kappa shape index (κ2) is 6.60. The third kappa shape index (κ3) is 3.84. The fourth-order valence-electron chi connectivity index (χ4n) is 3.64. The van der Waals surface area contributed by atoms with E-state index < -0.39 is 23.5 Å². The molecular weight excluding hydrogens is 294 g/mol. The maximum Gasteiger partial charge on any atom is 0.407 e. The normalized spacial score (nSPS) is 25.8. The number of carbonyl (C=O) groups is 2. The lowest BCUT2D eigenvalue weighted by atomic mass is 9.78. The fourth-order valence-corrected chi connectivity index (χ4v) is 3.64. The highest BCUT2D eigenvalue weighted by atomic mass is 16.5. The summed E-state index contributed by atoms with van der Waals surface area (Å²) in [4.78, 5) is 23.9. The van der Waals surface area contributed by atoms with Crippen molar-refractivity contribution in [2.75, 3.05) is 0 Å². The number of amides is 1. The van der Waals surface area contributed by atoms with E-state index in [0.717, 1.165) is 5.56 Å². The van der Waals surface area contributed by atoms with Crippen molar-refractivity contribution in [2.45, 2.75) is 52.7 Å². The summed E-state index contributed by atoms with van der Waals surface area (Å²) in [5.41, 5.74) is -0.143. The first-order valence-electron chi connectivity index (χ1n) is 8.00. The van der Waals surface area contributed by atoms with Crippen LogP contribution in [0.5, 0.6) is 0 Å². The molecule has 5 nitrogen and oxygen atoms in total. The number of alkyl carbamates (subject to hydrolysis) is 1. The average Bonchev–Trinajstić information content (AvgIpc) is 2.77. The first kappa shape index (κ1) is 17.3. The Morgan fingerprint density at radius 2 is 1.96 bits per heavy atom. The summed E-state index contributed by atoms with van der Waals surface area (Å²) in [5, 5.41) is 12.5. The van der Waals surface area contributed by atoms with E-state index in [9.17, 15) is 14.7 Å². The van der Waals surface area contributed by atoms with Gasteiger partial charge in [-0.1, -0.05) is 51.1 Å². The molecule has 1 aliphatic rings. The minimum absolute atomic E-state index is 0.119. The molecule has 1 saturated carbocycles. The summed E-state index contributed by atoms with van der Waals surface area (Å²) < 4.78 is 5.23. The Labute approximate surface area is 137 Å². The molecule has 2 atom stereocenters. The molecule has 5 heteroatoms. The Kier molecular flexibility index (Phi) is 4.97. The van der Waals surface area contributed by atoms with Gasteiger partial charge in [-0.05, 0) is 30.2 Å². The lowest BCUT2D eigenvalue weighted by molar-refractivity contribution is -0.150. The molecule has 2 unspecified atom stereocenters. The number of hydrogen-bond acceptors (Lipinski definition) is 3. The SMILES string of the molecule is CCC1(C(=O)O)CC(C)(C)CC1NC(=O)OCc1ccccc1. The first-order valence-corrected chi connectivity index (χ1v) is 8.00. The minimum Gasteiger partial charge on any atom is -0.481 e. The van der Waals surface area contributed by atoms with E-state index in [-0.39, 0.29) is 12.0 Å². The van der Waals surface area contributed by atoms with Crippen LogP contribution in [0.15, 0.2) is 30.3 Å². The zero-order valence-electron chi connectivity index (χ0n) is 14.0. The van der Waals surface area contributed by atoms with Crippen molar-refractivity contribution in [1.29, 1.82) is 0 Å². The number of hydrogen-bond donors (Lipinski definition) is 2. The molecule has 0 aromatic heterocycles. The van der Waals surface area contributed by atoms with E-state index in [1.807, 2.05) is 51.1 Å². The molecule has 2 rings (SSSR count). The smallest absolute Gasteiger partial charge is 0.407 e. The summed E-state index contributed by atoms with van der Waals surface area (Å²) in [7, 11) is 0. The Bertz CT molecular complexity index is 570. The van der Waals surface area contributed by atoms with Crippen molar-refractivity contribution >= 4 is 12.1 Å². The van der Waals surface area contributed by atoms with Gasteiger partial charge >= 0.3 is 12.1 Å². The van der Waals surface area contributed by atoms with E-state index in [4.69, 9.17) is 4.74 Å². The molecule has 0 saturated heterocycles. The van der Waals surface area contributed by atoms with E-state index in [1.165, 1.54) is 0 Å². The van der Waals surface area contributed by atoms with Gasteiger partial charge in [0, 0.05) is 6.04 Å². The number of benzene rings is 1. The second-order valence-corrected chi connectivity index (χ2v) is 7.12. The van der Waals surface area contributed by atoms with Gasteiger partial charge in [0.1, 0.15) is 6.61 Å². The molecule has 0 heterocycles. The maximum atomic E-state index is 12.1. The first-order chi connectivity index (χ1) is 10.8. The molecule has 1 aromatic rings. The Morgan fingerprint density at radius 1 is 1.30 bits per heavy atom. The largest absolute Gasteiger partial charge is 0.481 e. The minimum atomic E-state index is -0.921. The van der Waals surface area contributed by atoms with Crippen molar-refractivity contribution in [3.05, 3.63) is 35.9 Å². The highest BCUT2D eigenvalue weighted by Crippen LogP contribution is 2.51. The van der Waals surface area contributed by atoms with Crippen LogP contribution in [0.25, 0.3) is 0 Å². The predicted molar refractivity (Wildman–Crippen MR) is 86.9 cm³/mol. The van der Waals surface area contributed by atoms with Gasteiger partial charge in [0.2, 0.25) is 0 Å². The summed E-state index contributed by atoms with van der Waals surface area (Å²) in [6, 6.07) is 8.99. The van der Waals surface area contributed by atoms with Crippen molar-refractivity contribution < 1.29 is 19.4 Å². The molecular formula is C18H25NO4. The molecule has 23 heavy (non-hydrogen) atoms. The number of ether oxygens (including phenoxy) is 1. The third-order valence-corrected chi connectivity index (χ3v) is 4.78. The van der Waals surface area contributed by atoms with Gasteiger partial charge in [-0.15, -0.1) is 0 Å².